The molecule has 132 heavy (non-hydrogen) atoms. The van der Waals surface area contributed by atoms with E-state index < -0.39 is 0 Å². The molecule has 20 nitrogen and oxygen atoms in total. The molecule has 664 valence electrons. The molecule has 16 rings (SSSR count). The Kier molecular flexibility index (Phi) is 30.3. The Balaban J connectivity index is 0.000000150. The van der Waals surface area contributed by atoms with Gasteiger partial charge in [-0.05, 0) is 319 Å². The highest BCUT2D eigenvalue weighted by Gasteiger charge is 2.30. The van der Waals surface area contributed by atoms with Gasteiger partial charge in [-0.15, -0.1) is 45.3 Å². The Morgan fingerprint density at radius 1 is 0.258 bits per heavy atom. The van der Waals surface area contributed by atoms with Crippen molar-refractivity contribution in [2.75, 3.05) is 0 Å². The third kappa shape index (κ3) is 22.2. The van der Waals surface area contributed by atoms with Gasteiger partial charge in [-0.1, -0.05) is 96.1 Å². The number of phenols is 4. The minimum absolute atomic E-state index is 0.105. The number of fused-ring (bicyclic) bond motifs is 4. The smallest absolute Gasteiger partial charge is 0.297 e. The van der Waals surface area contributed by atoms with E-state index >= 15 is 0 Å². The van der Waals surface area contributed by atoms with Crippen LogP contribution in [0, 0.1) is 83.1 Å². The minimum atomic E-state index is -0.114. The highest BCUT2D eigenvalue weighted by Crippen LogP contribution is 2.49. The van der Waals surface area contributed by atoms with Gasteiger partial charge in [0.15, 0.2) is 23.0 Å². The first-order valence-corrected chi connectivity index (χ1v) is 44.4. The third-order valence-electron chi connectivity index (χ3n) is 21.7. The van der Waals surface area contributed by atoms with Crippen LogP contribution in [0.3, 0.4) is 0 Å². The average molecular weight is 1830 g/mol. The third-order valence-corrected chi connectivity index (χ3v) is 26.2. The standard InChI is InChI=1S/4C27H22O5S/c1-16-4-10-22(18(3)17(16)2)25(30)27-26(23-11-7-20(29)14-24(23)33-27)32-21-8-5-19(6-9-21)12-13-31-15-28;1-16-12-18(3)23(13-17(16)2)25(30)27-26(22-9-6-20(29)14-24(22)33-27)32-21-7-4-19(5-8-21)10-11-31-15-28;1-16-12-17(2)18(3)23(13-16)25(30)27-26(22-9-6-20(29)14-24(22)33-27)32-21-7-4-19(5-8-21)10-11-31-15-28;1-16-12-17(2)24(18(3)13-16)25(30)27-26(22-9-6-20(29)14-23(22)33-27)32-21-7-4-19(5-8-21)10-11-31-15-28/h4*4-15,29H,1-3H3/b13-12+;3*11-10+. The number of aryl methyl sites for hydroxylation is 9. The first-order valence-electron chi connectivity index (χ1n) is 41.2. The van der Waals surface area contributed by atoms with Crippen molar-refractivity contribution in [3.8, 4) is 69.0 Å². The van der Waals surface area contributed by atoms with Gasteiger partial charge in [-0.3, -0.25) is 38.4 Å². The van der Waals surface area contributed by atoms with E-state index in [2.05, 4.69) is 25.0 Å². The van der Waals surface area contributed by atoms with Gasteiger partial charge in [0.25, 0.3) is 25.9 Å². The van der Waals surface area contributed by atoms with Crippen molar-refractivity contribution in [3.05, 3.63) is 374 Å². The van der Waals surface area contributed by atoms with E-state index in [0.29, 0.717) is 114 Å². The zero-order valence-corrected chi connectivity index (χ0v) is 76.9. The number of rotatable bonds is 28. The molecule has 0 saturated heterocycles. The van der Waals surface area contributed by atoms with Gasteiger partial charge in [0, 0.05) is 62.6 Å². The molecule has 16 aromatic rings. The van der Waals surface area contributed by atoms with Crippen LogP contribution in [0.2, 0.25) is 0 Å². The molecule has 12 aromatic carbocycles. The number of ketones is 4. The van der Waals surface area contributed by atoms with E-state index in [1.165, 1.54) is 70.4 Å². The van der Waals surface area contributed by atoms with Crippen molar-refractivity contribution in [3.63, 3.8) is 0 Å². The summed E-state index contributed by atoms with van der Waals surface area (Å²) >= 11 is 5.21. The Bertz CT molecular complexity index is 7060. The number of phenolic OH excluding ortho intramolecular Hbond substituents is 4. The van der Waals surface area contributed by atoms with Crippen LogP contribution in [0.25, 0.3) is 64.6 Å². The van der Waals surface area contributed by atoms with Gasteiger partial charge in [0.05, 0.1) is 25.0 Å². The lowest BCUT2D eigenvalue weighted by molar-refractivity contribution is -0.124. The van der Waals surface area contributed by atoms with E-state index in [1.54, 1.807) is 146 Å². The molecule has 0 aliphatic heterocycles. The second-order valence-electron chi connectivity index (χ2n) is 30.9. The quantitative estimate of drug-likeness (QED) is 0.0153. The fourth-order valence-corrected chi connectivity index (χ4v) is 19.1. The summed E-state index contributed by atoms with van der Waals surface area (Å²) in [5, 5.41) is 42.8. The summed E-state index contributed by atoms with van der Waals surface area (Å²) in [6, 6.07) is 64.4. The monoisotopic (exact) mass is 1830 g/mol. The first kappa shape index (κ1) is 94.0. The van der Waals surface area contributed by atoms with Gasteiger partial charge in [0.1, 0.15) is 65.5 Å². The predicted octanol–water partition coefficient (Wildman–Crippen LogP) is 26.8. The average Bonchev–Trinajstić information content (AvgIpc) is 1.66. The number of ether oxygens (including phenoxy) is 8. The molecule has 24 heteroatoms. The molecule has 0 amide bonds. The highest BCUT2D eigenvalue weighted by atomic mass is 32.1. The second kappa shape index (κ2) is 42.5. The highest BCUT2D eigenvalue weighted by molar-refractivity contribution is 7.22. The number of aromatic hydroxyl groups is 4. The fourth-order valence-electron chi connectivity index (χ4n) is 14.6. The molecule has 0 fully saturated rings. The van der Waals surface area contributed by atoms with Crippen LogP contribution in [0.5, 0.6) is 69.0 Å². The van der Waals surface area contributed by atoms with Crippen LogP contribution in [0.15, 0.2) is 243 Å². The molecule has 0 bridgehead atoms. The predicted molar refractivity (Wildman–Crippen MR) is 521 cm³/mol. The number of hydrogen-bond donors (Lipinski definition) is 4. The maximum absolute atomic E-state index is 13.7. The molecular formula is C108H88O20S4. The zero-order chi connectivity index (χ0) is 94.1. The van der Waals surface area contributed by atoms with Crippen LogP contribution in [0.1, 0.15) is 150 Å². The second-order valence-corrected chi connectivity index (χ2v) is 35.1. The normalized spacial score (nSPS) is 11.1. The Hall–Kier alpha value is -15.6. The molecule has 4 aromatic heterocycles. The number of carbonyl (C=O) groups excluding carboxylic acids is 8. The lowest BCUT2D eigenvalue weighted by Gasteiger charge is -2.12. The lowest BCUT2D eigenvalue weighted by atomic mass is 9.95. The van der Waals surface area contributed by atoms with Gasteiger partial charge < -0.3 is 58.3 Å². The molecule has 0 aliphatic rings. The number of thiophene rings is 4. The number of hydrogen-bond acceptors (Lipinski definition) is 24. The van der Waals surface area contributed by atoms with E-state index in [4.69, 9.17) is 18.9 Å². The van der Waals surface area contributed by atoms with E-state index in [0.717, 1.165) is 129 Å². The van der Waals surface area contributed by atoms with Gasteiger partial charge in [-0.2, -0.15) is 0 Å². The Morgan fingerprint density at radius 2 is 0.553 bits per heavy atom. The molecule has 4 heterocycles. The minimum Gasteiger partial charge on any atom is -0.508 e. The van der Waals surface area contributed by atoms with Gasteiger partial charge >= 0.3 is 0 Å². The van der Waals surface area contributed by atoms with Gasteiger partial charge in [-0.25, -0.2) is 0 Å². The molecule has 0 unspecified atom stereocenters. The molecule has 0 atom stereocenters. The van der Waals surface area contributed by atoms with Gasteiger partial charge in [0.2, 0.25) is 23.1 Å². The maximum atomic E-state index is 13.7. The van der Waals surface area contributed by atoms with Crippen LogP contribution in [0.4, 0.5) is 0 Å². The summed E-state index contributed by atoms with van der Waals surface area (Å²) in [6.07, 6.45) is 11.8. The van der Waals surface area contributed by atoms with Crippen molar-refractivity contribution in [1.29, 1.82) is 0 Å². The van der Waals surface area contributed by atoms with Crippen molar-refractivity contribution in [2.24, 2.45) is 0 Å². The fraction of sp³-hybridized carbons (Fsp3) is 0.111. The molecule has 0 spiro atoms. The van der Waals surface area contributed by atoms with E-state index in [-0.39, 0.29) is 46.1 Å². The topological polar surface area (TPSA) is 291 Å². The maximum Gasteiger partial charge on any atom is 0.297 e. The van der Waals surface area contributed by atoms with E-state index in [9.17, 15) is 58.8 Å². The Morgan fingerprint density at radius 3 is 0.886 bits per heavy atom. The first-order chi connectivity index (χ1) is 63.5. The van der Waals surface area contributed by atoms with Crippen molar-refractivity contribution in [1.82, 2.24) is 0 Å². The summed E-state index contributed by atoms with van der Waals surface area (Å²) in [6.45, 7) is 25.1. The van der Waals surface area contributed by atoms with Crippen LogP contribution < -0.4 is 18.9 Å². The molecular weight excluding hydrogens is 1750 g/mol. The zero-order valence-electron chi connectivity index (χ0n) is 73.7. The summed E-state index contributed by atoms with van der Waals surface area (Å²) < 4.78 is 46.2. The van der Waals surface area contributed by atoms with Crippen LogP contribution >= 0.6 is 45.3 Å². The van der Waals surface area contributed by atoms with Crippen LogP contribution in [-0.4, -0.2) is 69.4 Å². The van der Waals surface area contributed by atoms with E-state index in [1.807, 2.05) is 174 Å². The van der Waals surface area contributed by atoms with Crippen molar-refractivity contribution < 1.29 is 96.7 Å². The molecule has 0 radical (unpaired) electrons. The lowest BCUT2D eigenvalue weighted by Crippen LogP contribution is -2.06. The summed E-state index contributed by atoms with van der Waals surface area (Å²) in [5.74, 6) is 4.16. The Labute approximate surface area is 776 Å². The molecule has 4 N–H and O–H groups in total. The summed E-state index contributed by atoms with van der Waals surface area (Å²) in [7, 11) is 0. The summed E-state index contributed by atoms with van der Waals surface area (Å²) in [5.41, 5.74) is 18.1. The van der Waals surface area contributed by atoms with Crippen molar-refractivity contribution in [2.45, 2.75) is 83.1 Å². The largest absolute Gasteiger partial charge is 0.508 e. The van der Waals surface area contributed by atoms with Crippen LogP contribution in [-0.2, 0) is 38.1 Å². The number of benzene rings is 12. The van der Waals surface area contributed by atoms with Crippen molar-refractivity contribution >= 4 is 159 Å². The molecule has 0 aliphatic carbocycles. The SMILES string of the molecule is Cc1cc(C)c(C(=O)c2sc3cc(O)ccc3c2Oc2ccc(/C=C/OC=O)cc2)c(C)c1.Cc1cc(C)c(C(=O)c2sc3cc(O)ccc3c2Oc2ccc(/C=C/OC=O)cc2)cc1C.Cc1cc(C)c(C)c(C(=O)c2sc3cc(O)ccc3c2Oc2ccc(/C=C/OC=O)cc2)c1.Cc1ccc(C(=O)c2sc3cc(O)ccc3c2Oc2ccc(/C=C/OC=O)cc2)c(C)c1C. The number of carbonyl (C=O) groups is 8. The molecule has 0 saturated carbocycles. The summed E-state index contributed by atoms with van der Waals surface area (Å²) in [4.78, 5) is 97.5.